The summed E-state index contributed by atoms with van der Waals surface area (Å²) in [5.41, 5.74) is 0. The van der Waals surface area contributed by atoms with Crippen LogP contribution in [-0.2, 0) is 9.47 Å². The fourth-order valence-electron chi connectivity index (χ4n) is 2.69. The van der Waals surface area contributed by atoms with E-state index in [-0.39, 0.29) is 0 Å². The molecule has 1 rings (SSSR count). The summed E-state index contributed by atoms with van der Waals surface area (Å²) in [5, 5.41) is 3.57. The first-order valence-electron chi connectivity index (χ1n) is 7.64. The van der Waals surface area contributed by atoms with Gasteiger partial charge in [-0.1, -0.05) is 26.2 Å². The van der Waals surface area contributed by atoms with Gasteiger partial charge in [-0.2, -0.15) is 0 Å². The summed E-state index contributed by atoms with van der Waals surface area (Å²) in [5.74, 6) is 1.93. The molecule has 0 radical (unpaired) electrons. The molecule has 0 unspecified atom stereocenters. The standard InChI is InChI=1S/C15H31NO2/c1-3-14-5-7-15(8-6-14)13-16-9-4-10-18-12-11-17-2/h14-16H,3-13H2,1-2H3. The first-order valence-corrected chi connectivity index (χ1v) is 7.64. The van der Waals surface area contributed by atoms with E-state index >= 15 is 0 Å². The lowest BCUT2D eigenvalue weighted by molar-refractivity contribution is 0.0693. The zero-order valence-electron chi connectivity index (χ0n) is 12.2. The molecule has 0 aliphatic heterocycles. The number of rotatable bonds is 10. The fourth-order valence-corrected chi connectivity index (χ4v) is 2.69. The Morgan fingerprint density at radius 2 is 1.72 bits per heavy atom. The summed E-state index contributed by atoms with van der Waals surface area (Å²) < 4.78 is 10.4. The van der Waals surface area contributed by atoms with Crippen molar-refractivity contribution in [2.45, 2.75) is 45.4 Å². The van der Waals surface area contributed by atoms with Gasteiger partial charge in [-0.25, -0.2) is 0 Å². The SMILES string of the molecule is CCC1CCC(CNCCCOCCOC)CC1. The Bertz CT molecular complexity index is 179. The highest BCUT2D eigenvalue weighted by Crippen LogP contribution is 2.29. The summed E-state index contributed by atoms with van der Waals surface area (Å²) in [4.78, 5) is 0. The van der Waals surface area contributed by atoms with Crippen molar-refractivity contribution in [2.24, 2.45) is 11.8 Å². The van der Waals surface area contributed by atoms with Crippen molar-refractivity contribution in [1.29, 1.82) is 0 Å². The van der Waals surface area contributed by atoms with E-state index in [0.29, 0.717) is 6.61 Å². The van der Waals surface area contributed by atoms with E-state index < -0.39 is 0 Å². The van der Waals surface area contributed by atoms with Gasteiger partial charge in [-0.05, 0) is 44.2 Å². The molecule has 3 heteroatoms. The maximum absolute atomic E-state index is 5.43. The van der Waals surface area contributed by atoms with E-state index in [1.54, 1.807) is 7.11 Å². The second-order valence-corrected chi connectivity index (χ2v) is 5.46. The number of hydrogen-bond donors (Lipinski definition) is 1. The van der Waals surface area contributed by atoms with Crippen LogP contribution in [0.2, 0.25) is 0 Å². The Morgan fingerprint density at radius 1 is 1.00 bits per heavy atom. The third-order valence-corrected chi connectivity index (χ3v) is 4.05. The molecule has 18 heavy (non-hydrogen) atoms. The van der Waals surface area contributed by atoms with Crippen molar-refractivity contribution < 1.29 is 9.47 Å². The third-order valence-electron chi connectivity index (χ3n) is 4.05. The highest BCUT2D eigenvalue weighted by molar-refractivity contribution is 4.73. The van der Waals surface area contributed by atoms with Crippen molar-refractivity contribution in [2.75, 3.05) is 40.0 Å². The van der Waals surface area contributed by atoms with Crippen LogP contribution in [-0.4, -0.2) is 40.0 Å². The second-order valence-electron chi connectivity index (χ2n) is 5.46. The number of nitrogens with one attached hydrogen (secondary N) is 1. The van der Waals surface area contributed by atoms with E-state index in [1.807, 2.05) is 0 Å². The minimum absolute atomic E-state index is 0.702. The van der Waals surface area contributed by atoms with Crippen molar-refractivity contribution in [3.8, 4) is 0 Å². The molecule has 0 heterocycles. The monoisotopic (exact) mass is 257 g/mol. The minimum atomic E-state index is 0.702. The van der Waals surface area contributed by atoms with Gasteiger partial charge in [0.15, 0.2) is 0 Å². The minimum Gasteiger partial charge on any atom is -0.382 e. The molecule has 3 nitrogen and oxygen atoms in total. The lowest BCUT2D eigenvalue weighted by Crippen LogP contribution is -2.27. The number of methoxy groups -OCH3 is 1. The van der Waals surface area contributed by atoms with Gasteiger partial charge in [0.1, 0.15) is 0 Å². The van der Waals surface area contributed by atoms with Crippen LogP contribution >= 0.6 is 0 Å². The van der Waals surface area contributed by atoms with Crippen LogP contribution < -0.4 is 5.32 Å². The van der Waals surface area contributed by atoms with Crippen molar-refractivity contribution in [3.63, 3.8) is 0 Å². The number of ether oxygens (including phenoxy) is 2. The highest BCUT2D eigenvalue weighted by Gasteiger charge is 2.19. The molecule has 1 aliphatic rings. The average molecular weight is 257 g/mol. The molecule has 1 aliphatic carbocycles. The van der Waals surface area contributed by atoms with Crippen LogP contribution in [0.1, 0.15) is 45.4 Å². The lowest BCUT2D eigenvalue weighted by atomic mass is 9.81. The van der Waals surface area contributed by atoms with Gasteiger partial charge in [0.05, 0.1) is 13.2 Å². The molecule has 0 spiro atoms. The predicted molar refractivity (Wildman–Crippen MR) is 75.9 cm³/mol. The number of hydrogen-bond acceptors (Lipinski definition) is 3. The van der Waals surface area contributed by atoms with Crippen LogP contribution in [0.25, 0.3) is 0 Å². The molecule has 0 aromatic rings. The summed E-state index contributed by atoms with van der Waals surface area (Å²) in [6.45, 7) is 6.88. The van der Waals surface area contributed by atoms with E-state index in [9.17, 15) is 0 Å². The summed E-state index contributed by atoms with van der Waals surface area (Å²) in [6, 6.07) is 0. The highest BCUT2D eigenvalue weighted by atomic mass is 16.5. The Hall–Kier alpha value is -0.120. The molecule has 0 saturated heterocycles. The second kappa shape index (κ2) is 10.8. The predicted octanol–water partition coefficient (Wildman–Crippen LogP) is 2.85. The van der Waals surface area contributed by atoms with Gasteiger partial charge in [-0.3, -0.25) is 0 Å². The van der Waals surface area contributed by atoms with Crippen molar-refractivity contribution in [1.82, 2.24) is 5.32 Å². The first kappa shape index (κ1) is 15.9. The van der Waals surface area contributed by atoms with E-state index in [4.69, 9.17) is 9.47 Å². The van der Waals surface area contributed by atoms with Crippen molar-refractivity contribution >= 4 is 0 Å². The summed E-state index contributed by atoms with van der Waals surface area (Å²) >= 11 is 0. The molecule has 0 bridgehead atoms. The van der Waals surface area contributed by atoms with Gasteiger partial charge < -0.3 is 14.8 Å². The molecule has 1 N–H and O–H groups in total. The van der Waals surface area contributed by atoms with Gasteiger partial charge >= 0.3 is 0 Å². The largest absolute Gasteiger partial charge is 0.382 e. The molecule has 0 amide bonds. The smallest absolute Gasteiger partial charge is 0.0700 e. The summed E-state index contributed by atoms with van der Waals surface area (Å²) in [7, 11) is 1.71. The molecule has 0 atom stereocenters. The molecular formula is C15H31NO2. The summed E-state index contributed by atoms with van der Waals surface area (Å²) in [6.07, 6.45) is 8.23. The maximum Gasteiger partial charge on any atom is 0.0700 e. The van der Waals surface area contributed by atoms with E-state index in [0.717, 1.165) is 38.0 Å². The van der Waals surface area contributed by atoms with Crippen LogP contribution in [0.3, 0.4) is 0 Å². The van der Waals surface area contributed by atoms with Crippen molar-refractivity contribution in [3.05, 3.63) is 0 Å². The topological polar surface area (TPSA) is 30.5 Å². The quantitative estimate of drug-likeness (QED) is 0.610. The molecule has 1 fully saturated rings. The first-order chi connectivity index (χ1) is 8.86. The van der Waals surface area contributed by atoms with Crippen LogP contribution in [0.4, 0.5) is 0 Å². The molecule has 0 aromatic heterocycles. The zero-order valence-corrected chi connectivity index (χ0v) is 12.2. The average Bonchev–Trinajstić information content (AvgIpc) is 2.42. The Balaban J connectivity index is 1.84. The molecule has 108 valence electrons. The van der Waals surface area contributed by atoms with E-state index in [1.165, 1.54) is 38.6 Å². The van der Waals surface area contributed by atoms with Crippen LogP contribution in [0.15, 0.2) is 0 Å². The Morgan fingerprint density at radius 3 is 2.39 bits per heavy atom. The van der Waals surface area contributed by atoms with Gasteiger partial charge in [0.2, 0.25) is 0 Å². The fraction of sp³-hybridized carbons (Fsp3) is 1.00. The Kier molecular flexibility index (Phi) is 9.54. The third kappa shape index (κ3) is 7.34. The molecule has 1 saturated carbocycles. The molecular weight excluding hydrogens is 226 g/mol. The normalized spacial score (nSPS) is 24.3. The van der Waals surface area contributed by atoms with Crippen LogP contribution in [0, 0.1) is 11.8 Å². The van der Waals surface area contributed by atoms with Gasteiger partial charge in [0.25, 0.3) is 0 Å². The van der Waals surface area contributed by atoms with Gasteiger partial charge in [-0.15, -0.1) is 0 Å². The zero-order chi connectivity index (χ0) is 13.1. The molecule has 0 aromatic carbocycles. The maximum atomic E-state index is 5.43. The lowest BCUT2D eigenvalue weighted by Gasteiger charge is -2.27. The Labute approximate surface area is 113 Å². The van der Waals surface area contributed by atoms with E-state index in [2.05, 4.69) is 12.2 Å². The van der Waals surface area contributed by atoms with Crippen LogP contribution in [0.5, 0.6) is 0 Å². The van der Waals surface area contributed by atoms with Gasteiger partial charge in [0, 0.05) is 13.7 Å².